The molecule has 1 atom stereocenters. The number of aliphatic hydroxyl groups excluding tert-OH is 1. The van der Waals surface area contributed by atoms with E-state index in [1.807, 2.05) is 0 Å². The van der Waals surface area contributed by atoms with Crippen molar-refractivity contribution in [3.63, 3.8) is 0 Å². The minimum Gasteiger partial charge on any atom is -0.497 e. The molecule has 1 N–H and O–H groups in total. The summed E-state index contributed by atoms with van der Waals surface area (Å²) in [5.74, 6) is 0.677. The van der Waals surface area contributed by atoms with Gasteiger partial charge in [-0.3, -0.25) is 0 Å². The maximum Gasteiger partial charge on any atom is 0.410 e. The molecule has 0 saturated carbocycles. The number of nitrogens with zero attached hydrogens (tertiary/aromatic N) is 1. The molecule has 8 nitrogen and oxygen atoms in total. The van der Waals surface area contributed by atoms with Crippen LogP contribution in [0.15, 0.2) is 42.5 Å². The zero-order chi connectivity index (χ0) is 23.2. The molecule has 0 aliphatic rings. The van der Waals surface area contributed by atoms with Gasteiger partial charge in [0, 0.05) is 13.1 Å². The molecule has 0 fully saturated rings. The molecule has 0 aliphatic heterocycles. The SMILES string of the molecule is COc1cc(OC)cc(C(=O)Oc2ccc(C(O)CN(C)C(=O)OC(C)(C)C)cc2)c1. The van der Waals surface area contributed by atoms with Crippen LogP contribution in [0.5, 0.6) is 17.2 Å². The smallest absolute Gasteiger partial charge is 0.410 e. The maximum absolute atomic E-state index is 12.5. The highest BCUT2D eigenvalue weighted by Gasteiger charge is 2.22. The van der Waals surface area contributed by atoms with E-state index in [2.05, 4.69) is 0 Å². The summed E-state index contributed by atoms with van der Waals surface area (Å²) >= 11 is 0. The Morgan fingerprint density at radius 3 is 2.00 bits per heavy atom. The second-order valence-corrected chi connectivity index (χ2v) is 7.94. The molecule has 1 amide bonds. The largest absolute Gasteiger partial charge is 0.497 e. The lowest BCUT2D eigenvalue weighted by Crippen LogP contribution is -2.36. The summed E-state index contributed by atoms with van der Waals surface area (Å²) in [6, 6.07) is 11.2. The first-order chi connectivity index (χ1) is 14.5. The van der Waals surface area contributed by atoms with Gasteiger partial charge in [0.2, 0.25) is 0 Å². The minimum atomic E-state index is -0.926. The van der Waals surface area contributed by atoms with Gasteiger partial charge in [-0.1, -0.05) is 12.1 Å². The van der Waals surface area contributed by atoms with E-state index in [0.717, 1.165) is 0 Å². The standard InChI is InChI=1S/C23H29NO7/c1-23(2,3)31-22(27)24(4)14-20(25)15-7-9-17(10-8-15)30-21(26)16-11-18(28-5)13-19(12-16)29-6/h7-13,20,25H,14H2,1-6H3. The van der Waals surface area contributed by atoms with E-state index in [9.17, 15) is 14.7 Å². The molecule has 1 unspecified atom stereocenters. The molecule has 0 radical (unpaired) electrons. The topological polar surface area (TPSA) is 94.5 Å². The summed E-state index contributed by atoms with van der Waals surface area (Å²) in [6.45, 7) is 5.38. The molecule has 0 saturated heterocycles. The van der Waals surface area contributed by atoms with E-state index in [4.69, 9.17) is 18.9 Å². The number of hydrogen-bond donors (Lipinski definition) is 1. The number of hydrogen-bond acceptors (Lipinski definition) is 7. The predicted octanol–water partition coefficient (Wildman–Crippen LogP) is 3.82. The molecular weight excluding hydrogens is 402 g/mol. The number of carbonyl (C=O) groups is 2. The van der Waals surface area contributed by atoms with Crippen LogP contribution in [0.2, 0.25) is 0 Å². The number of ether oxygens (including phenoxy) is 4. The van der Waals surface area contributed by atoms with Crippen molar-refractivity contribution < 1.29 is 33.6 Å². The van der Waals surface area contributed by atoms with E-state index in [1.165, 1.54) is 19.1 Å². The predicted molar refractivity (Wildman–Crippen MR) is 115 cm³/mol. The van der Waals surface area contributed by atoms with Gasteiger partial charge < -0.3 is 29.0 Å². The fourth-order valence-electron chi connectivity index (χ4n) is 2.63. The lowest BCUT2D eigenvalue weighted by molar-refractivity contribution is 0.0205. The van der Waals surface area contributed by atoms with Gasteiger partial charge in [-0.25, -0.2) is 9.59 Å². The number of benzene rings is 2. The number of amides is 1. The second-order valence-electron chi connectivity index (χ2n) is 7.94. The third kappa shape index (κ3) is 7.18. The van der Waals surface area contributed by atoms with Crippen LogP contribution >= 0.6 is 0 Å². The highest BCUT2D eigenvalue weighted by molar-refractivity contribution is 5.92. The van der Waals surface area contributed by atoms with E-state index < -0.39 is 23.8 Å². The van der Waals surface area contributed by atoms with Crippen molar-refractivity contribution >= 4 is 12.1 Å². The number of carbonyl (C=O) groups excluding carboxylic acids is 2. The van der Waals surface area contributed by atoms with E-state index in [-0.39, 0.29) is 12.1 Å². The Morgan fingerprint density at radius 1 is 0.968 bits per heavy atom. The van der Waals surface area contributed by atoms with Crippen molar-refractivity contribution in [2.75, 3.05) is 27.8 Å². The van der Waals surface area contributed by atoms with Crippen molar-refractivity contribution in [1.29, 1.82) is 0 Å². The van der Waals surface area contributed by atoms with Crippen molar-refractivity contribution in [1.82, 2.24) is 4.90 Å². The molecular formula is C23H29NO7. The van der Waals surface area contributed by atoms with Gasteiger partial charge in [0.25, 0.3) is 0 Å². The maximum atomic E-state index is 12.5. The van der Waals surface area contributed by atoms with Crippen LogP contribution < -0.4 is 14.2 Å². The highest BCUT2D eigenvalue weighted by Crippen LogP contribution is 2.24. The Kier molecular flexibility index (Phi) is 7.88. The monoisotopic (exact) mass is 431 g/mol. The summed E-state index contributed by atoms with van der Waals surface area (Å²) in [7, 11) is 4.54. The lowest BCUT2D eigenvalue weighted by atomic mass is 10.1. The molecule has 2 aromatic carbocycles. The van der Waals surface area contributed by atoms with Crippen molar-refractivity contribution in [2.45, 2.75) is 32.5 Å². The number of likely N-dealkylation sites (N-methyl/N-ethyl adjacent to an activating group) is 1. The molecule has 0 heterocycles. The Balaban J connectivity index is 2.01. The van der Waals surface area contributed by atoms with Gasteiger partial charge in [0.05, 0.1) is 32.4 Å². The molecule has 8 heteroatoms. The average molecular weight is 431 g/mol. The number of esters is 1. The van der Waals surface area contributed by atoms with Crippen LogP contribution in [-0.4, -0.2) is 55.5 Å². The van der Waals surface area contributed by atoms with Crippen LogP contribution in [0.4, 0.5) is 4.79 Å². The highest BCUT2D eigenvalue weighted by atomic mass is 16.6. The summed E-state index contributed by atoms with van der Waals surface area (Å²) in [4.78, 5) is 25.8. The molecule has 0 bridgehead atoms. The van der Waals surface area contributed by atoms with Crippen LogP contribution in [0.1, 0.15) is 42.8 Å². The van der Waals surface area contributed by atoms with E-state index in [1.54, 1.807) is 70.3 Å². The summed E-state index contributed by atoms with van der Waals surface area (Å²) < 4.78 is 21.0. The third-order valence-electron chi connectivity index (χ3n) is 4.21. The van der Waals surface area contributed by atoms with Gasteiger partial charge in [-0.2, -0.15) is 0 Å². The Morgan fingerprint density at radius 2 is 1.52 bits per heavy atom. The molecule has 2 rings (SSSR count). The summed E-state index contributed by atoms with van der Waals surface area (Å²) in [5.41, 5.74) is 0.228. The van der Waals surface area contributed by atoms with E-state index >= 15 is 0 Å². The molecule has 168 valence electrons. The zero-order valence-corrected chi connectivity index (χ0v) is 18.7. The van der Waals surface area contributed by atoms with E-state index in [0.29, 0.717) is 22.8 Å². The Bertz CT molecular complexity index is 881. The molecule has 31 heavy (non-hydrogen) atoms. The van der Waals surface area contributed by atoms with Gasteiger partial charge in [0.1, 0.15) is 22.8 Å². The van der Waals surface area contributed by atoms with Crippen LogP contribution in [-0.2, 0) is 4.74 Å². The van der Waals surface area contributed by atoms with Gasteiger partial charge in [0.15, 0.2) is 0 Å². The normalized spacial score (nSPS) is 12.0. The van der Waals surface area contributed by atoms with Gasteiger partial charge in [-0.15, -0.1) is 0 Å². The Labute approximate surface area is 182 Å². The van der Waals surface area contributed by atoms with Gasteiger partial charge >= 0.3 is 12.1 Å². The first-order valence-electron chi connectivity index (χ1n) is 9.70. The molecule has 0 aromatic heterocycles. The van der Waals surface area contributed by atoms with Crippen LogP contribution in [0, 0.1) is 0 Å². The second kappa shape index (κ2) is 10.2. The summed E-state index contributed by atoms with van der Waals surface area (Å²) in [5, 5.41) is 10.4. The van der Waals surface area contributed by atoms with Crippen molar-refractivity contribution in [2.24, 2.45) is 0 Å². The fourth-order valence-corrected chi connectivity index (χ4v) is 2.63. The van der Waals surface area contributed by atoms with Crippen molar-refractivity contribution in [3.8, 4) is 17.2 Å². The fraction of sp³-hybridized carbons (Fsp3) is 0.391. The zero-order valence-electron chi connectivity index (χ0n) is 18.7. The minimum absolute atomic E-state index is 0.0532. The van der Waals surface area contributed by atoms with Crippen molar-refractivity contribution in [3.05, 3.63) is 53.6 Å². The first-order valence-corrected chi connectivity index (χ1v) is 9.70. The van der Waals surface area contributed by atoms with Crippen LogP contribution in [0.3, 0.4) is 0 Å². The average Bonchev–Trinajstić information content (AvgIpc) is 2.72. The van der Waals surface area contributed by atoms with Gasteiger partial charge in [-0.05, 0) is 50.6 Å². The van der Waals surface area contributed by atoms with Crippen LogP contribution in [0.25, 0.3) is 0 Å². The molecule has 2 aromatic rings. The molecule has 0 spiro atoms. The number of rotatable bonds is 7. The quantitative estimate of drug-likeness (QED) is 0.526. The number of aliphatic hydroxyl groups is 1. The lowest BCUT2D eigenvalue weighted by Gasteiger charge is -2.26. The third-order valence-corrected chi connectivity index (χ3v) is 4.21. The first kappa shape index (κ1) is 24.0. The number of methoxy groups -OCH3 is 2. The summed E-state index contributed by atoms with van der Waals surface area (Å²) in [6.07, 6.45) is -1.45. The Hall–Kier alpha value is -3.26. The molecule has 0 aliphatic carbocycles.